The van der Waals surface area contributed by atoms with Gasteiger partial charge in [-0.2, -0.15) is 0 Å². The van der Waals surface area contributed by atoms with Crippen molar-refractivity contribution >= 4 is 11.8 Å². The Morgan fingerprint density at radius 3 is 1.61 bits per heavy atom. The molecule has 0 aromatic heterocycles. The second kappa shape index (κ2) is 7.67. The van der Waals surface area contributed by atoms with Crippen LogP contribution < -0.4 is 5.73 Å². The zero-order valence-corrected chi connectivity index (χ0v) is 14.3. The van der Waals surface area contributed by atoms with Gasteiger partial charge in [0.2, 0.25) is 11.8 Å². The molecular formula is C19H32N2O2. The number of hydrogen-bond acceptors (Lipinski definition) is 2. The largest absolute Gasteiger partial charge is 0.369 e. The molecule has 4 heteroatoms. The summed E-state index contributed by atoms with van der Waals surface area (Å²) in [6.45, 7) is 0. The van der Waals surface area contributed by atoms with Crippen molar-refractivity contribution in [3.8, 4) is 0 Å². The van der Waals surface area contributed by atoms with E-state index in [2.05, 4.69) is 4.90 Å². The maximum atomic E-state index is 13.3. The van der Waals surface area contributed by atoms with E-state index >= 15 is 0 Å². The number of nitrogens with two attached hydrogens (primary N) is 1. The third kappa shape index (κ3) is 3.89. The first-order chi connectivity index (χ1) is 11.2. The van der Waals surface area contributed by atoms with Gasteiger partial charge < -0.3 is 10.6 Å². The summed E-state index contributed by atoms with van der Waals surface area (Å²) in [7, 11) is 0. The van der Waals surface area contributed by atoms with Gasteiger partial charge >= 0.3 is 0 Å². The van der Waals surface area contributed by atoms with Gasteiger partial charge in [0, 0.05) is 23.9 Å². The zero-order chi connectivity index (χ0) is 16.2. The van der Waals surface area contributed by atoms with Crippen molar-refractivity contribution in [1.29, 1.82) is 0 Å². The van der Waals surface area contributed by atoms with Gasteiger partial charge in [-0.15, -0.1) is 0 Å². The first kappa shape index (κ1) is 16.8. The minimum atomic E-state index is -0.220. The van der Waals surface area contributed by atoms with E-state index in [1.807, 2.05) is 0 Å². The lowest BCUT2D eigenvalue weighted by atomic mass is 9.87. The number of rotatable bonds is 4. The molecule has 2 amide bonds. The van der Waals surface area contributed by atoms with Crippen LogP contribution in [0.1, 0.15) is 83.5 Å². The summed E-state index contributed by atoms with van der Waals surface area (Å²) >= 11 is 0. The Morgan fingerprint density at radius 2 is 1.17 bits per heavy atom. The molecule has 3 aliphatic rings. The van der Waals surface area contributed by atoms with Crippen molar-refractivity contribution < 1.29 is 9.59 Å². The summed E-state index contributed by atoms with van der Waals surface area (Å²) in [6.07, 6.45) is 14.7. The number of primary amides is 1. The minimum absolute atomic E-state index is 0.0383. The molecule has 23 heavy (non-hydrogen) atoms. The third-order valence-electron chi connectivity index (χ3n) is 6.37. The molecular weight excluding hydrogens is 288 g/mol. The Hall–Kier alpha value is -1.06. The summed E-state index contributed by atoms with van der Waals surface area (Å²) in [5.74, 6) is 0.0783. The summed E-state index contributed by atoms with van der Waals surface area (Å²) in [5.41, 5.74) is 5.46. The van der Waals surface area contributed by atoms with Gasteiger partial charge in [0.05, 0.1) is 0 Å². The van der Waals surface area contributed by atoms with Crippen LogP contribution in [0, 0.1) is 11.8 Å². The number of carbonyl (C=O) groups is 2. The molecule has 3 saturated carbocycles. The molecule has 0 bridgehead atoms. The topological polar surface area (TPSA) is 63.4 Å². The van der Waals surface area contributed by atoms with E-state index in [9.17, 15) is 9.59 Å². The highest BCUT2D eigenvalue weighted by Crippen LogP contribution is 2.36. The highest BCUT2D eigenvalue weighted by atomic mass is 16.2. The Labute approximate surface area is 140 Å². The van der Waals surface area contributed by atoms with Crippen LogP contribution in [0.2, 0.25) is 0 Å². The maximum Gasteiger partial charge on any atom is 0.226 e. The second-order valence-corrected chi connectivity index (χ2v) is 7.94. The molecule has 4 nitrogen and oxygen atoms in total. The average molecular weight is 320 g/mol. The zero-order valence-electron chi connectivity index (χ0n) is 14.3. The minimum Gasteiger partial charge on any atom is -0.369 e. The van der Waals surface area contributed by atoms with Crippen molar-refractivity contribution in [2.45, 2.75) is 95.6 Å². The normalized spacial score (nSPS) is 30.3. The van der Waals surface area contributed by atoms with Gasteiger partial charge in [-0.05, 0) is 44.9 Å². The molecule has 0 radical (unpaired) electrons. The first-order valence-corrected chi connectivity index (χ1v) is 9.78. The Kier molecular flexibility index (Phi) is 5.60. The van der Waals surface area contributed by atoms with E-state index in [1.54, 1.807) is 0 Å². The number of carbonyl (C=O) groups excluding carboxylic acids is 2. The average Bonchev–Trinajstić information content (AvgIpc) is 3.07. The van der Waals surface area contributed by atoms with Gasteiger partial charge in [-0.1, -0.05) is 38.5 Å². The van der Waals surface area contributed by atoms with E-state index in [0.29, 0.717) is 24.4 Å². The van der Waals surface area contributed by atoms with Crippen molar-refractivity contribution in [1.82, 2.24) is 4.90 Å². The molecule has 3 fully saturated rings. The van der Waals surface area contributed by atoms with Crippen LogP contribution >= 0.6 is 0 Å². The first-order valence-electron chi connectivity index (χ1n) is 9.78. The standard InChI is InChI=1S/C19H32N2O2/c20-18(22)14-11-12-15(13-14)19(23)21(16-7-3-1-4-8-16)17-9-5-2-6-10-17/h14-17H,1-13H2,(H2,20,22). The smallest absolute Gasteiger partial charge is 0.226 e. The molecule has 2 atom stereocenters. The molecule has 130 valence electrons. The summed E-state index contributed by atoms with van der Waals surface area (Å²) in [5, 5.41) is 0. The molecule has 3 aliphatic carbocycles. The molecule has 2 N–H and O–H groups in total. The Morgan fingerprint density at radius 1 is 0.696 bits per heavy atom. The van der Waals surface area contributed by atoms with E-state index in [4.69, 9.17) is 5.73 Å². The summed E-state index contributed by atoms with van der Waals surface area (Å²) in [4.78, 5) is 27.0. The van der Waals surface area contributed by atoms with Crippen LogP contribution in [0.4, 0.5) is 0 Å². The molecule has 0 aliphatic heterocycles. The van der Waals surface area contributed by atoms with Crippen molar-refractivity contribution in [3.63, 3.8) is 0 Å². The van der Waals surface area contributed by atoms with Gasteiger partial charge in [-0.25, -0.2) is 0 Å². The molecule has 0 aromatic carbocycles. The van der Waals surface area contributed by atoms with Crippen LogP contribution in [0.15, 0.2) is 0 Å². The van der Waals surface area contributed by atoms with E-state index in [-0.39, 0.29) is 17.7 Å². The molecule has 0 aromatic rings. The number of hydrogen-bond donors (Lipinski definition) is 1. The maximum absolute atomic E-state index is 13.3. The predicted molar refractivity (Wildman–Crippen MR) is 90.6 cm³/mol. The van der Waals surface area contributed by atoms with E-state index in [0.717, 1.165) is 12.8 Å². The highest BCUT2D eigenvalue weighted by molar-refractivity contribution is 5.83. The fourth-order valence-electron chi connectivity index (χ4n) is 5.05. The molecule has 2 unspecified atom stereocenters. The van der Waals surface area contributed by atoms with Gasteiger partial charge in [0.15, 0.2) is 0 Å². The fraction of sp³-hybridized carbons (Fsp3) is 0.895. The lowest BCUT2D eigenvalue weighted by Gasteiger charge is -2.43. The second-order valence-electron chi connectivity index (χ2n) is 7.94. The van der Waals surface area contributed by atoms with Crippen LogP contribution in [0.25, 0.3) is 0 Å². The molecule has 3 rings (SSSR count). The lowest BCUT2D eigenvalue weighted by Crippen LogP contribution is -2.50. The number of nitrogens with zero attached hydrogens (tertiary/aromatic N) is 1. The van der Waals surface area contributed by atoms with Crippen molar-refractivity contribution in [3.05, 3.63) is 0 Å². The SMILES string of the molecule is NC(=O)C1CCC(C(=O)N(C2CCCCC2)C2CCCCC2)C1. The summed E-state index contributed by atoms with van der Waals surface area (Å²) < 4.78 is 0. The Balaban J connectivity index is 1.71. The quantitative estimate of drug-likeness (QED) is 0.863. The van der Waals surface area contributed by atoms with Crippen LogP contribution in [-0.4, -0.2) is 28.8 Å². The molecule has 0 heterocycles. The fourth-order valence-corrected chi connectivity index (χ4v) is 5.05. The van der Waals surface area contributed by atoms with Crippen molar-refractivity contribution in [2.75, 3.05) is 0 Å². The van der Waals surface area contributed by atoms with Crippen LogP contribution in [0.5, 0.6) is 0 Å². The van der Waals surface area contributed by atoms with Crippen molar-refractivity contribution in [2.24, 2.45) is 17.6 Å². The summed E-state index contributed by atoms with van der Waals surface area (Å²) in [6, 6.07) is 0.902. The third-order valence-corrected chi connectivity index (χ3v) is 6.37. The molecule has 0 spiro atoms. The molecule has 0 saturated heterocycles. The van der Waals surface area contributed by atoms with Gasteiger partial charge in [0.1, 0.15) is 0 Å². The predicted octanol–water partition coefficient (Wildman–Crippen LogP) is 3.38. The van der Waals surface area contributed by atoms with Gasteiger partial charge in [-0.3, -0.25) is 9.59 Å². The lowest BCUT2D eigenvalue weighted by molar-refractivity contribution is -0.142. The van der Waals surface area contributed by atoms with Gasteiger partial charge in [0.25, 0.3) is 0 Å². The van der Waals surface area contributed by atoms with E-state index < -0.39 is 0 Å². The number of amides is 2. The Bertz CT molecular complexity index is 407. The highest BCUT2D eigenvalue weighted by Gasteiger charge is 2.39. The van der Waals surface area contributed by atoms with Crippen LogP contribution in [-0.2, 0) is 9.59 Å². The van der Waals surface area contributed by atoms with Crippen LogP contribution in [0.3, 0.4) is 0 Å². The van der Waals surface area contributed by atoms with E-state index in [1.165, 1.54) is 64.2 Å². The monoisotopic (exact) mass is 320 g/mol.